The molecule has 0 heterocycles. The van der Waals surface area contributed by atoms with Crippen molar-refractivity contribution in [3.63, 3.8) is 0 Å². The second-order valence-corrected chi connectivity index (χ2v) is 4.47. The van der Waals surface area contributed by atoms with Crippen LogP contribution in [-0.2, 0) is 0 Å². The fourth-order valence-electron chi connectivity index (χ4n) is 1.94. The first-order chi connectivity index (χ1) is 5.11. The van der Waals surface area contributed by atoms with Gasteiger partial charge < -0.3 is 5.32 Å². The highest BCUT2D eigenvalue weighted by molar-refractivity contribution is 4.94. The van der Waals surface area contributed by atoms with Crippen molar-refractivity contribution in [1.29, 1.82) is 0 Å². The molecule has 1 rings (SSSR count). The average Bonchev–Trinajstić information content (AvgIpc) is 2.68. The van der Waals surface area contributed by atoms with Gasteiger partial charge in [0.1, 0.15) is 0 Å². The molecule has 66 valence electrons. The molecule has 0 saturated heterocycles. The molecular formula is C10H21N. The molecule has 0 amide bonds. The highest BCUT2D eigenvalue weighted by Crippen LogP contribution is 2.49. The molecule has 1 nitrogen and oxygen atoms in total. The first-order valence-corrected chi connectivity index (χ1v) is 4.76. The minimum Gasteiger partial charge on any atom is -0.319 e. The van der Waals surface area contributed by atoms with Gasteiger partial charge in [0.2, 0.25) is 0 Å². The van der Waals surface area contributed by atoms with Gasteiger partial charge in [-0.3, -0.25) is 0 Å². The van der Waals surface area contributed by atoms with Crippen molar-refractivity contribution in [3.8, 4) is 0 Å². The Balaban J connectivity index is 2.53. The lowest BCUT2D eigenvalue weighted by Crippen LogP contribution is -2.36. The van der Waals surface area contributed by atoms with Crippen LogP contribution in [-0.4, -0.2) is 13.6 Å². The third-order valence-corrected chi connectivity index (χ3v) is 3.39. The summed E-state index contributed by atoms with van der Waals surface area (Å²) in [5, 5.41) is 3.31. The van der Waals surface area contributed by atoms with Gasteiger partial charge in [-0.2, -0.15) is 0 Å². The number of rotatable bonds is 4. The molecule has 0 aromatic carbocycles. The molecule has 1 saturated carbocycles. The standard InChI is InChI=1S/C10H21N/c1-8(2)10(3,7-11-4)9-5-6-9/h8-9,11H,5-7H2,1-4H3. The Morgan fingerprint density at radius 3 is 2.27 bits per heavy atom. The maximum Gasteiger partial charge on any atom is 0.000726 e. The molecule has 1 heteroatoms. The van der Waals surface area contributed by atoms with Crippen LogP contribution in [0.4, 0.5) is 0 Å². The second kappa shape index (κ2) is 3.14. The summed E-state index contributed by atoms with van der Waals surface area (Å²) in [6.45, 7) is 8.28. The van der Waals surface area contributed by atoms with Gasteiger partial charge in [0, 0.05) is 6.54 Å². The van der Waals surface area contributed by atoms with Crippen LogP contribution in [0.2, 0.25) is 0 Å². The minimum absolute atomic E-state index is 0.550. The lowest BCUT2D eigenvalue weighted by atomic mass is 9.75. The molecule has 11 heavy (non-hydrogen) atoms. The van der Waals surface area contributed by atoms with Crippen LogP contribution >= 0.6 is 0 Å². The average molecular weight is 155 g/mol. The van der Waals surface area contributed by atoms with E-state index in [0.717, 1.165) is 11.8 Å². The van der Waals surface area contributed by atoms with Gasteiger partial charge >= 0.3 is 0 Å². The third kappa shape index (κ3) is 1.76. The third-order valence-electron chi connectivity index (χ3n) is 3.39. The van der Waals surface area contributed by atoms with Crippen LogP contribution in [0.3, 0.4) is 0 Å². The smallest absolute Gasteiger partial charge is 0.000726 e. The van der Waals surface area contributed by atoms with Gasteiger partial charge in [-0.1, -0.05) is 20.8 Å². The van der Waals surface area contributed by atoms with Gasteiger partial charge in [0.05, 0.1) is 0 Å². The van der Waals surface area contributed by atoms with Crippen LogP contribution in [0.15, 0.2) is 0 Å². The maximum absolute atomic E-state index is 3.31. The van der Waals surface area contributed by atoms with E-state index in [2.05, 4.69) is 33.1 Å². The molecule has 0 bridgehead atoms. The van der Waals surface area contributed by atoms with E-state index in [1.807, 2.05) is 0 Å². The highest BCUT2D eigenvalue weighted by Gasteiger charge is 2.42. The van der Waals surface area contributed by atoms with Crippen LogP contribution < -0.4 is 5.32 Å². The van der Waals surface area contributed by atoms with Crippen molar-refractivity contribution in [2.24, 2.45) is 17.3 Å². The first kappa shape index (κ1) is 9.05. The van der Waals surface area contributed by atoms with Gasteiger partial charge in [0.25, 0.3) is 0 Å². The predicted molar refractivity (Wildman–Crippen MR) is 49.6 cm³/mol. The zero-order valence-corrected chi connectivity index (χ0v) is 8.28. The van der Waals surface area contributed by atoms with E-state index >= 15 is 0 Å². The Bertz CT molecular complexity index is 123. The van der Waals surface area contributed by atoms with Crippen molar-refractivity contribution < 1.29 is 0 Å². The van der Waals surface area contributed by atoms with E-state index in [-0.39, 0.29) is 0 Å². The van der Waals surface area contributed by atoms with Crippen molar-refractivity contribution in [2.75, 3.05) is 13.6 Å². The van der Waals surface area contributed by atoms with E-state index in [4.69, 9.17) is 0 Å². The topological polar surface area (TPSA) is 12.0 Å². The highest BCUT2D eigenvalue weighted by atomic mass is 14.8. The summed E-state index contributed by atoms with van der Waals surface area (Å²) in [5.41, 5.74) is 0.550. The summed E-state index contributed by atoms with van der Waals surface area (Å²) in [7, 11) is 2.06. The van der Waals surface area contributed by atoms with E-state index in [9.17, 15) is 0 Å². The summed E-state index contributed by atoms with van der Waals surface area (Å²) in [4.78, 5) is 0. The molecule has 0 spiro atoms. The monoisotopic (exact) mass is 155 g/mol. The van der Waals surface area contributed by atoms with Gasteiger partial charge in [-0.05, 0) is 37.1 Å². The van der Waals surface area contributed by atoms with Crippen LogP contribution in [0, 0.1) is 17.3 Å². The second-order valence-electron chi connectivity index (χ2n) is 4.47. The van der Waals surface area contributed by atoms with Crippen LogP contribution in [0.25, 0.3) is 0 Å². The molecule has 0 radical (unpaired) electrons. The molecule has 0 aromatic rings. The summed E-state index contributed by atoms with van der Waals surface area (Å²) >= 11 is 0. The molecule has 1 aliphatic rings. The quantitative estimate of drug-likeness (QED) is 0.656. The molecular weight excluding hydrogens is 134 g/mol. The molecule has 0 aromatic heterocycles. The van der Waals surface area contributed by atoms with Crippen LogP contribution in [0.5, 0.6) is 0 Å². The Labute approximate surface area is 70.6 Å². The number of hydrogen-bond donors (Lipinski definition) is 1. The molecule has 1 N–H and O–H groups in total. The summed E-state index contributed by atoms with van der Waals surface area (Å²) in [6, 6.07) is 0. The lowest BCUT2D eigenvalue weighted by Gasteiger charge is -2.34. The van der Waals surface area contributed by atoms with Crippen molar-refractivity contribution in [2.45, 2.75) is 33.6 Å². The van der Waals surface area contributed by atoms with Gasteiger partial charge in [-0.15, -0.1) is 0 Å². The Morgan fingerprint density at radius 2 is 2.00 bits per heavy atom. The van der Waals surface area contributed by atoms with Crippen molar-refractivity contribution in [3.05, 3.63) is 0 Å². The minimum atomic E-state index is 0.550. The van der Waals surface area contributed by atoms with E-state index in [1.165, 1.54) is 19.4 Å². The normalized spacial score (nSPS) is 23.7. The Kier molecular flexibility index (Phi) is 2.58. The van der Waals surface area contributed by atoms with Crippen molar-refractivity contribution >= 4 is 0 Å². The van der Waals surface area contributed by atoms with Crippen molar-refractivity contribution in [1.82, 2.24) is 5.32 Å². The first-order valence-electron chi connectivity index (χ1n) is 4.76. The zero-order chi connectivity index (χ0) is 8.48. The predicted octanol–water partition coefficient (Wildman–Crippen LogP) is 2.28. The van der Waals surface area contributed by atoms with E-state index in [0.29, 0.717) is 5.41 Å². The summed E-state index contributed by atoms with van der Waals surface area (Å²) in [5.74, 6) is 1.80. The SMILES string of the molecule is CNCC(C)(C(C)C)C1CC1. The number of hydrogen-bond acceptors (Lipinski definition) is 1. The molecule has 1 fully saturated rings. The van der Waals surface area contributed by atoms with E-state index in [1.54, 1.807) is 0 Å². The van der Waals surface area contributed by atoms with Crippen LogP contribution in [0.1, 0.15) is 33.6 Å². The zero-order valence-electron chi connectivity index (χ0n) is 8.28. The van der Waals surface area contributed by atoms with Gasteiger partial charge in [-0.25, -0.2) is 0 Å². The number of nitrogens with one attached hydrogen (secondary N) is 1. The fraction of sp³-hybridized carbons (Fsp3) is 1.00. The van der Waals surface area contributed by atoms with Gasteiger partial charge in [0.15, 0.2) is 0 Å². The summed E-state index contributed by atoms with van der Waals surface area (Å²) < 4.78 is 0. The molecule has 1 atom stereocenters. The largest absolute Gasteiger partial charge is 0.319 e. The fourth-order valence-corrected chi connectivity index (χ4v) is 1.94. The maximum atomic E-state index is 3.31. The molecule has 0 aliphatic heterocycles. The molecule has 1 aliphatic carbocycles. The van der Waals surface area contributed by atoms with E-state index < -0.39 is 0 Å². The Hall–Kier alpha value is -0.0400. The Morgan fingerprint density at radius 1 is 1.45 bits per heavy atom. The summed E-state index contributed by atoms with van der Waals surface area (Å²) in [6.07, 6.45) is 2.91. The molecule has 1 unspecified atom stereocenters. The lowest BCUT2D eigenvalue weighted by molar-refractivity contribution is 0.176.